The molecular formula is C20H24FN5O2. The Balaban J connectivity index is 1.41. The van der Waals surface area contributed by atoms with Crippen LogP contribution in [0.2, 0.25) is 0 Å². The second kappa shape index (κ2) is 9.27. The van der Waals surface area contributed by atoms with Crippen molar-refractivity contribution in [3.8, 4) is 0 Å². The summed E-state index contributed by atoms with van der Waals surface area (Å²) >= 11 is 0. The molecule has 28 heavy (non-hydrogen) atoms. The van der Waals surface area contributed by atoms with Gasteiger partial charge in [0.25, 0.3) is 0 Å². The van der Waals surface area contributed by atoms with Crippen LogP contribution < -0.4 is 10.6 Å². The first kappa shape index (κ1) is 19.8. The Hall–Kier alpha value is -3.00. The van der Waals surface area contributed by atoms with E-state index in [1.807, 2.05) is 30.0 Å². The third kappa shape index (κ3) is 5.50. The number of anilines is 1. The zero-order valence-corrected chi connectivity index (χ0v) is 15.8. The fraction of sp³-hybridized carbons (Fsp3) is 0.350. The smallest absolute Gasteiger partial charge is 0.318 e. The second-order valence-corrected chi connectivity index (χ2v) is 6.74. The molecule has 0 spiro atoms. The number of benzene rings is 1. The third-order valence-corrected chi connectivity index (χ3v) is 4.63. The minimum Gasteiger partial charge on any atom is -0.330 e. The van der Waals surface area contributed by atoms with Crippen molar-refractivity contribution in [2.75, 3.05) is 38.0 Å². The molecular weight excluding hydrogens is 361 g/mol. The number of rotatable bonds is 5. The lowest BCUT2D eigenvalue weighted by molar-refractivity contribution is -0.117. The van der Waals surface area contributed by atoms with E-state index in [-0.39, 0.29) is 30.3 Å². The first-order valence-corrected chi connectivity index (χ1v) is 9.25. The SMILES string of the molecule is CC(NC(=O)N1CCN(CC(=O)Nc2ccc(F)cc2)CC1)c1ccccn1. The van der Waals surface area contributed by atoms with Gasteiger partial charge in [-0.05, 0) is 43.3 Å². The van der Waals surface area contributed by atoms with Crippen molar-refractivity contribution < 1.29 is 14.0 Å². The molecule has 2 heterocycles. The van der Waals surface area contributed by atoms with Gasteiger partial charge in [0.1, 0.15) is 5.82 Å². The Kier molecular flexibility index (Phi) is 6.54. The van der Waals surface area contributed by atoms with E-state index in [1.165, 1.54) is 24.3 Å². The summed E-state index contributed by atoms with van der Waals surface area (Å²) in [7, 11) is 0. The predicted molar refractivity (Wildman–Crippen MR) is 104 cm³/mol. The van der Waals surface area contributed by atoms with Gasteiger partial charge in [0.05, 0.1) is 18.3 Å². The van der Waals surface area contributed by atoms with Crippen LogP contribution in [0.1, 0.15) is 18.7 Å². The molecule has 0 saturated carbocycles. The summed E-state index contributed by atoms with van der Waals surface area (Å²) in [5.74, 6) is -0.502. The lowest BCUT2D eigenvalue weighted by Crippen LogP contribution is -2.53. The monoisotopic (exact) mass is 385 g/mol. The van der Waals surface area contributed by atoms with Crippen LogP contribution in [-0.4, -0.2) is 59.4 Å². The Morgan fingerprint density at radius 3 is 2.46 bits per heavy atom. The van der Waals surface area contributed by atoms with Gasteiger partial charge < -0.3 is 15.5 Å². The molecule has 1 aromatic heterocycles. The lowest BCUT2D eigenvalue weighted by atomic mass is 10.2. The van der Waals surface area contributed by atoms with E-state index in [2.05, 4.69) is 15.6 Å². The average molecular weight is 385 g/mol. The van der Waals surface area contributed by atoms with Gasteiger partial charge in [0, 0.05) is 38.1 Å². The number of piperazine rings is 1. The second-order valence-electron chi connectivity index (χ2n) is 6.74. The van der Waals surface area contributed by atoms with Gasteiger partial charge in [-0.25, -0.2) is 9.18 Å². The third-order valence-electron chi connectivity index (χ3n) is 4.63. The molecule has 1 aliphatic heterocycles. The minimum atomic E-state index is -0.343. The zero-order chi connectivity index (χ0) is 19.9. The molecule has 2 aromatic rings. The average Bonchev–Trinajstić information content (AvgIpc) is 2.71. The molecule has 1 fully saturated rings. The zero-order valence-electron chi connectivity index (χ0n) is 15.8. The predicted octanol–water partition coefficient (Wildman–Crippen LogP) is 2.25. The molecule has 148 valence electrons. The van der Waals surface area contributed by atoms with E-state index in [9.17, 15) is 14.0 Å². The van der Waals surface area contributed by atoms with E-state index in [0.29, 0.717) is 31.9 Å². The Morgan fingerprint density at radius 2 is 1.82 bits per heavy atom. The van der Waals surface area contributed by atoms with Gasteiger partial charge in [-0.2, -0.15) is 0 Å². The number of nitrogens with one attached hydrogen (secondary N) is 2. The number of carbonyl (C=O) groups excluding carboxylic acids is 2. The van der Waals surface area contributed by atoms with Crippen LogP contribution in [0, 0.1) is 5.82 Å². The van der Waals surface area contributed by atoms with E-state index < -0.39 is 0 Å². The summed E-state index contributed by atoms with van der Waals surface area (Å²) in [6.07, 6.45) is 1.70. The van der Waals surface area contributed by atoms with E-state index in [1.54, 1.807) is 11.1 Å². The van der Waals surface area contributed by atoms with Crippen LogP contribution in [-0.2, 0) is 4.79 Å². The molecule has 1 aliphatic rings. The number of aromatic nitrogens is 1. The number of pyridine rings is 1. The van der Waals surface area contributed by atoms with E-state index >= 15 is 0 Å². The van der Waals surface area contributed by atoms with Gasteiger partial charge in [-0.1, -0.05) is 6.07 Å². The van der Waals surface area contributed by atoms with Crippen molar-refractivity contribution in [2.45, 2.75) is 13.0 Å². The van der Waals surface area contributed by atoms with Crippen LogP contribution in [0.25, 0.3) is 0 Å². The molecule has 2 N–H and O–H groups in total. The maximum Gasteiger partial charge on any atom is 0.318 e. The maximum atomic E-state index is 12.9. The highest BCUT2D eigenvalue weighted by molar-refractivity contribution is 5.92. The van der Waals surface area contributed by atoms with Crippen molar-refractivity contribution in [3.63, 3.8) is 0 Å². The normalized spacial score (nSPS) is 15.7. The van der Waals surface area contributed by atoms with Gasteiger partial charge in [0.2, 0.25) is 5.91 Å². The first-order chi connectivity index (χ1) is 13.5. The minimum absolute atomic E-state index is 0.131. The Bertz CT molecular complexity index is 792. The molecule has 1 saturated heterocycles. The molecule has 0 radical (unpaired) electrons. The molecule has 1 unspecified atom stereocenters. The van der Waals surface area contributed by atoms with E-state index in [4.69, 9.17) is 0 Å². The maximum absolute atomic E-state index is 12.9. The van der Waals surface area contributed by atoms with Crippen LogP contribution in [0.15, 0.2) is 48.7 Å². The molecule has 1 atom stereocenters. The number of nitrogens with zero attached hydrogens (tertiary/aromatic N) is 3. The van der Waals surface area contributed by atoms with E-state index in [0.717, 1.165) is 5.69 Å². The van der Waals surface area contributed by atoms with Gasteiger partial charge in [0.15, 0.2) is 0 Å². The highest BCUT2D eigenvalue weighted by Crippen LogP contribution is 2.11. The molecule has 0 bridgehead atoms. The van der Waals surface area contributed by atoms with Gasteiger partial charge in [-0.3, -0.25) is 14.7 Å². The van der Waals surface area contributed by atoms with Crippen LogP contribution in [0.3, 0.4) is 0 Å². The molecule has 3 amide bonds. The fourth-order valence-electron chi connectivity index (χ4n) is 3.03. The van der Waals surface area contributed by atoms with Gasteiger partial charge in [-0.15, -0.1) is 0 Å². The number of amides is 3. The molecule has 3 rings (SSSR count). The van der Waals surface area contributed by atoms with Crippen LogP contribution in [0.5, 0.6) is 0 Å². The fourth-order valence-corrected chi connectivity index (χ4v) is 3.03. The molecule has 8 heteroatoms. The van der Waals surface area contributed by atoms with Crippen molar-refractivity contribution in [1.82, 2.24) is 20.1 Å². The van der Waals surface area contributed by atoms with Crippen molar-refractivity contribution in [2.24, 2.45) is 0 Å². The van der Waals surface area contributed by atoms with Crippen molar-refractivity contribution in [3.05, 3.63) is 60.2 Å². The summed E-state index contributed by atoms with van der Waals surface area (Å²) in [6, 6.07) is 11.0. The van der Waals surface area contributed by atoms with Crippen molar-refractivity contribution >= 4 is 17.6 Å². The highest BCUT2D eigenvalue weighted by atomic mass is 19.1. The molecule has 0 aliphatic carbocycles. The number of urea groups is 1. The van der Waals surface area contributed by atoms with Crippen LogP contribution in [0.4, 0.5) is 14.9 Å². The lowest BCUT2D eigenvalue weighted by Gasteiger charge is -2.34. The highest BCUT2D eigenvalue weighted by Gasteiger charge is 2.23. The number of hydrogen-bond acceptors (Lipinski definition) is 4. The molecule has 7 nitrogen and oxygen atoms in total. The number of hydrogen-bond donors (Lipinski definition) is 2. The van der Waals surface area contributed by atoms with Crippen molar-refractivity contribution in [1.29, 1.82) is 0 Å². The number of carbonyl (C=O) groups is 2. The summed E-state index contributed by atoms with van der Waals surface area (Å²) in [5, 5.41) is 5.70. The Morgan fingerprint density at radius 1 is 1.11 bits per heavy atom. The summed E-state index contributed by atoms with van der Waals surface area (Å²) in [6.45, 7) is 4.45. The topological polar surface area (TPSA) is 77.6 Å². The Labute approximate surface area is 163 Å². The van der Waals surface area contributed by atoms with Gasteiger partial charge >= 0.3 is 6.03 Å². The summed E-state index contributed by atoms with van der Waals surface area (Å²) in [4.78, 5) is 32.6. The van der Waals surface area contributed by atoms with Crippen LogP contribution >= 0.6 is 0 Å². The largest absolute Gasteiger partial charge is 0.330 e. The quantitative estimate of drug-likeness (QED) is 0.828. The standard InChI is InChI=1S/C20H24FN5O2/c1-15(18-4-2-3-9-22-18)23-20(28)26-12-10-25(11-13-26)14-19(27)24-17-7-5-16(21)6-8-17/h2-9,15H,10-14H2,1H3,(H,23,28)(H,24,27). The molecule has 1 aromatic carbocycles. The summed E-state index contributed by atoms with van der Waals surface area (Å²) < 4.78 is 12.9. The first-order valence-electron chi connectivity index (χ1n) is 9.25. The number of halogens is 1. The summed E-state index contributed by atoms with van der Waals surface area (Å²) in [5.41, 5.74) is 1.37.